The van der Waals surface area contributed by atoms with Crippen LogP contribution >= 0.6 is 0 Å². The first kappa shape index (κ1) is 22.9. The summed E-state index contributed by atoms with van der Waals surface area (Å²) in [6.07, 6.45) is 0. The number of nitrogens with one attached hydrogen (secondary N) is 1. The maximum atomic E-state index is 14.1. The lowest BCUT2D eigenvalue weighted by Gasteiger charge is -2.19. The number of para-hydroxylation sites is 1. The van der Waals surface area contributed by atoms with Gasteiger partial charge in [-0.05, 0) is 36.4 Å². The van der Waals surface area contributed by atoms with E-state index in [1.54, 1.807) is 30.3 Å². The molecule has 0 aliphatic carbocycles. The van der Waals surface area contributed by atoms with E-state index in [1.165, 1.54) is 25.2 Å². The number of halogens is 2. The largest absolute Gasteiger partial charge is 0.465 e. The third-order valence-corrected chi connectivity index (χ3v) is 6.37. The summed E-state index contributed by atoms with van der Waals surface area (Å²) in [6.45, 7) is 0. The first-order valence-corrected chi connectivity index (χ1v) is 10.6. The van der Waals surface area contributed by atoms with Crippen molar-refractivity contribution in [2.45, 2.75) is 4.90 Å². The molecular weight excluding hydrogens is 442 g/mol. The third-order valence-electron chi connectivity index (χ3n) is 4.58. The minimum Gasteiger partial charge on any atom is -0.465 e. The number of esters is 1. The van der Waals surface area contributed by atoms with E-state index in [0.29, 0.717) is 11.8 Å². The van der Waals surface area contributed by atoms with Crippen LogP contribution in [0.1, 0.15) is 20.7 Å². The molecule has 3 aromatic rings. The monoisotopic (exact) mass is 460 g/mol. The third kappa shape index (κ3) is 4.59. The van der Waals surface area contributed by atoms with E-state index in [4.69, 9.17) is 0 Å². The predicted molar refractivity (Wildman–Crippen MR) is 114 cm³/mol. The van der Waals surface area contributed by atoms with Gasteiger partial charge in [0.2, 0.25) is 0 Å². The summed E-state index contributed by atoms with van der Waals surface area (Å²) in [6, 6.07) is 14.7. The van der Waals surface area contributed by atoms with Crippen LogP contribution in [-0.4, -0.2) is 34.5 Å². The molecule has 0 fully saturated rings. The quantitative estimate of drug-likeness (QED) is 0.565. The molecule has 166 valence electrons. The number of carbonyl (C=O) groups is 2. The average molecular weight is 460 g/mol. The Kier molecular flexibility index (Phi) is 6.54. The molecule has 7 nitrogen and oxygen atoms in total. The van der Waals surface area contributed by atoms with E-state index in [0.717, 1.165) is 23.5 Å². The van der Waals surface area contributed by atoms with Gasteiger partial charge >= 0.3 is 5.97 Å². The van der Waals surface area contributed by atoms with E-state index in [2.05, 4.69) is 10.1 Å². The minimum absolute atomic E-state index is 0.0871. The Morgan fingerprint density at radius 3 is 2.28 bits per heavy atom. The number of anilines is 2. The zero-order valence-corrected chi connectivity index (χ0v) is 17.8. The Balaban J connectivity index is 1.90. The molecule has 32 heavy (non-hydrogen) atoms. The summed E-state index contributed by atoms with van der Waals surface area (Å²) in [7, 11) is -1.58. The number of hydrogen-bond acceptors (Lipinski definition) is 5. The summed E-state index contributed by atoms with van der Waals surface area (Å²) >= 11 is 0. The van der Waals surface area contributed by atoms with Crippen molar-refractivity contribution in [1.29, 1.82) is 0 Å². The molecule has 0 aromatic heterocycles. The molecule has 10 heteroatoms. The van der Waals surface area contributed by atoms with Crippen LogP contribution in [-0.2, 0) is 14.8 Å². The van der Waals surface area contributed by atoms with E-state index in [9.17, 15) is 26.8 Å². The molecule has 0 aliphatic heterocycles. The number of methoxy groups -OCH3 is 1. The van der Waals surface area contributed by atoms with Crippen molar-refractivity contribution in [2.75, 3.05) is 23.8 Å². The number of benzene rings is 3. The molecule has 0 heterocycles. The lowest BCUT2D eigenvalue weighted by molar-refractivity contribution is 0.0595. The highest BCUT2D eigenvalue weighted by atomic mass is 32.2. The Labute approximate surface area is 183 Å². The predicted octanol–water partition coefficient (Wildman–Crippen LogP) is 3.83. The van der Waals surface area contributed by atoms with Crippen molar-refractivity contribution in [3.8, 4) is 0 Å². The number of carbonyl (C=O) groups excluding carboxylic acids is 2. The summed E-state index contributed by atoms with van der Waals surface area (Å²) in [5.74, 6) is -4.17. The highest BCUT2D eigenvalue weighted by molar-refractivity contribution is 7.92. The minimum atomic E-state index is -3.99. The summed E-state index contributed by atoms with van der Waals surface area (Å²) in [5, 5.41) is 2.22. The smallest absolute Gasteiger partial charge is 0.340 e. The van der Waals surface area contributed by atoms with E-state index in [1.807, 2.05) is 0 Å². The van der Waals surface area contributed by atoms with Crippen molar-refractivity contribution >= 4 is 33.3 Å². The van der Waals surface area contributed by atoms with Crippen LogP contribution in [0.3, 0.4) is 0 Å². The summed E-state index contributed by atoms with van der Waals surface area (Å²) in [4.78, 5) is 24.1. The van der Waals surface area contributed by atoms with Crippen molar-refractivity contribution < 1.29 is 31.5 Å². The van der Waals surface area contributed by atoms with Gasteiger partial charge in [0.25, 0.3) is 15.9 Å². The maximum Gasteiger partial charge on any atom is 0.340 e. The van der Waals surface area contributed by atoms with Gasteiger partial charge in [0.05, 0.1) is 28.9 Å². The number of nitrogens with zero attached hydrogens (tertiary/aromatic N) is 1. The standard InChI is InChI=1S/C22H18F2N2O5S/c1-26(15-8-4-3-5-9-15)32(29,30)16-10-6-7-14(11-16)21(27)25-20-12-17(22(28)31-2)18(23)13-19(20)24/h3-13H,1-2H3,(H,25,27). The Bertz CT molecular complexity index is 1280. The van der Waals surface area contributed by atoms with Crippen LogP contribution in [0.15, 0.2) is 71.6 Å². The van der Waals surface area contributed by atoms with Crippen LogP contribution in [0, 0.1) is 11.6 Å². The van der Waals surface area contributed by atoms with Crippen LogP contribution in [0.5, 0.6) is 0 Å². The molecule has 0 spiro atoms. The Hall–Kier alpha value is -3.79. The molecule has 0 atom stereocenters. The first-order chi connectivity index (χ1) is 15.1. The molecule has 0 bridgehead atoms. The van der Waals surface area contributed by atoms with Gasteiger partial charge in [-0.2, -0.15) is 0 Å². The Morgan fingerprint density at radius 2 is 1.62 bits per heavy atom. The highest BCUT2D eigenvalue weighted by Crippen LogP contribution is 2.24. The fraction of sp³-hybridized carbons (Fsp3) is 0.0909. The van der Waals surface area contributed by atoms with Gasteiger partial charge in [0, 0.05) is 18.7 Å². The van der Waals surface area contributed by atoms with Gasteiger partial charge in [0.15, 0.2) is 0 Å². The number of hydrogen-bond donors (Lipinski definition) is 1. The van der Waals surface area contributed by atoms with Crippen LogP contribution < -0.4 is 9.62 Å². The van der Waals surface area contributed by atoms with Crippen LogP contribution in [0.25, 0.3) is 0 Å². The van der Waals surface area contributed by atoms with Gasteiger partial charge in [0.1, 0.15) is 11.6 Å². The fourth-order valence-corrected chi connectivity index (χ4v) is 4.08. The second-order valence-electron chi connectivity index (χ2n) is 6.59. The highest BCUT2D eigenvalue weighted by Gasteiger charge is 2.23. The second kappa shape index (κ2) is 9.15. The molecule has 0 radical (unpaired) electrons. The molecule has 1 amide bonds. The van der Waals surface area contributed by atoms with Crippen LogP contribution in [0.2, 0.25) is 0 Å². The normalized spacial score (nSPS) is 11.0. The molecule has 1 N–H and O–H groups in total. The van der Waals surface area contributed by atoms with Gasteiger partial charge in [-0.25, -0.2) is 22.0 Å². The molecular formula is C22H18F2N2O5S. The second-order valence-corrected chi connectivity index (χ2v) is 8.56. The number of amides is 1. The lowest BCUT2D eigenvalue weighted by atomic mass is 10.1. The van der Waals surface area contributed by atoms with Crippen LogP contribution in [0.4, 0.5) is 20.2 Å². The topological polar surface area (TPSA) is 92.8 Å². The number of rotatable bonds is 6. The van der Waals surface area contributed by atoms with Gasteiger partial charge in [-0.15, -0.1) is 0 Å². The summed E-state index contributed by atoms with van der Waals surface area (Å²) < 4.78 is 59.3. The SMILES string of the molecule is COC(=O)c1cc(NC(=O)c2cccc(S(=O)(=O)N(C)c3ccccc3)c2)c(F)cc1F. The molecule has 0 unspecified atom stereocenters. The van der Waals surface area contributed by atoms with E-state index < -0.39 is 44.8 Å². The van der Waals surface area contributed by atoms with Gasteiger partial charge in [-0.3, -0.25) is 9.10 Å². The molecule has 3 rings (SSSR count). The molecule has 0 saturated heterocycles. The van der Waals surface area contributed by atoms with Crippen molar-refractivity contribution in [1.82, 2.24) is 0 Å². The average Bonchev–Trinajstić information content (AvgIpc) is 2.80. The van der Waals surface area contributed by atoms with Crippen molar-refractivity contribution in [2.24, 2.45) is 0 Å². The molecule has 0 aliphatic rings. The zero-order valence-electron chi connectivity index (χ0n) is 17.0. The summed E-state index contributed by atoms with van der Waals surface area (Å²) in [5.41, 5.74) is -0.696. The molecule has 3 aromatic carbocycles. The zero-order chi connectivity index (χ0) is 23.5. The van der Waals surface area contributed by atoms with Gasteiger partial charge < -0.3 is 10.1 Å². The Morgan fingerprint density at radius 1 is 0.938 bits per heavy atom. The van der Waals surface area contributed by atoms with Crippen molar-refractivity contribution in [3.63, 3.8) is 0 Å². The molecule has 0 saturated carbocycles. The van der Waals surface area contributed by atoms with E-state index in [-0.39, 0.29) is 10.5 Å². The fourth-order valence-electron chi connectivity index (χ4n) is 2.84. The first-order valence-electron chi connectivity index (χ1n) is 9.18. The van der Waals surface area contributed by atoms with E-state index >= 15 is 0 Å². The van der Waals surface area contributed by atoms with Crippen molar-refractivity contribution in [3.05, 3.63) is 89.5 Å². The lowest BCUT2D eigenvalue weighted by Crippen LogP contribution is -2.26. The number of sulfonamides is 1. The van der Waals surface area contributed by atoms with Gasteiger partial charge in [-0.1, -0.05) is 24.3 Å². The maximum absolute atomic E-state index is 14.1. The number of ether oxygens (including phenoxy) is 1.